The average molecular weight is 260 g/mol. The van der Waals surface area contributed by atoms with Crippen LogP contribution >= 0.6 is 0 Å². The molecule has 19 heavy (non-hydrogen) atoms. The van der Waals surface area contributed by atoms with E-state index in [0.29, 0.717) is 17.9 Å². The molecule has 0 saturated carbocycles. The van der Waals surface area contributed by atoms with Crippen LogP contribution in [-0.4, -0.2) is 16.2 Å². The van der Waals surface area contributed by atoms with Gasteiger partial charge in [-0.3, -0.25) is 0 Å². The van der Waals surface area contributed by atoms with Crippen LogP contribution in [0.5, 0.6) is 0 Å². The second-order valence-electron chi connectivity index (χ2n) is 4.20. The Balaban J connectivity index is 2.26. The largest absolute Gasteiger partial charge is 0.475 e. The summed E-state index contributed by atoms with van der Waals surface area (Å²) in [5.74, 6) is -0.901. The summed E-state index contributed by atoms with van der Waals surface area (Å²) in [6, 6.07) is 4.96. The molecular weight excluding hydrogens is 248 g/mol. The van der Waals surface area contributed by atoms with Crippen LogP contribution in [0.3, 0.4) is 0 Å². The zero-order valence-electron chi connectivity index (χ0n) is 10.5. The topological polar surface area (TPSA) is 100 Å². The monoisotopic (exact) mass is 260 g/mol. The highest BCUT2D eigenvalue weighted by molar-refractivity contribution is 5.84. The first-order valence-corrected chi connectivity index (χ1v) is 5.67. The molecule has 1 N–H and O–H groups in total. The van der Waals surface area contributed by atoms with Crippen LogP contribution in [0.15, 0.2) is 21.1 Å². The van der Waals surface area contributed by atoms with Crippen LogP contribution in [0.2, 0.25) is 0 Å². The summed E-state index contributed by atoms with van der Waals surface area (Å²) in [4.78, 5) is 10.7. The molecule has 0 aliphatic heterocycles. The molecule has 0 fully saturated rings. The zero-order valence-corrected chi connectivity index (χ0v) is 10.5. The molecule has 2 aromatic rings. The molecule has 2 aromatic heterocycles. The molecule has 0 bridgehead atoms. The van der Waals surface area contributed by atoms with Crippen molar-refractivity contribution in [1.29, 1.82) is 5.26 Å². The van der Waals surface area contributed by atoms with Gasteiger partial charge in [-0.05, 0) is 26.0 Å². The lowest BCUT2D eigenvalue weighted by molar-refractivity contribution is 0.0660. The Bertz CT molecular complexity index is 628. The molecule has 0 saturated heterocycles. The first kappa shape index (κ1) is 12.9. The van der Waals surface area contributed by atoms with Gasteiger partial charge in [-0.25, -0.2) is 4.79 Å². The van der Waals surface area contributed by atoms with Crippen LogP contribution in [0, 0.1) is 25.2 Å². The van der Waals surface area contributed by atoms with E-state index in [2.05, 4.69) is 11.2 Å². The summed E-state index contributed by atoms with van der Waals surface area (Å²) in [6.07, 6.45) is 0.379. The van der Waals surface area contributed by atoms with Gasteiger partial charge in [0, 0.05) is 12.0 Å². The maximum absolute atomic E-state index is 10.7. The maximum atomic E-state index is 10.7. The van der Waals surface area contributed by atoms with Crippen LogP contribution in [0.4, 0.5) is 0 Å². The molecule has 6 heteroatoms. The number of carboxylic acids is 1. The van der Waals surface area contributed by atoms with Gasteiger partial charge in [0.25, 0.3) is 0 Å². The Hall–Kier alpha value is -2.55. The van der Waals surface area contributed by atoms with Gasteiger partial charge >= 0.3 is 5.97 Å². The molecule has 98 valence electrons. The molecule has 1 unspecified atom stereocenters. The zero-order chi connectivity index (χ0) is 14.0. The van der Waals surface area contributed by atoms with Crippen molar-refractivity contribution in [2.45, 2.75) is 26.2 Å². The quantitative estimate of drug-likeness (QED) is 0.906. The van der Waals surface area contributed by atoms with Gasteiger partial charge in [-0.2, -0.15) is 5.26 Å². The standard InChI is InChI=1S/C13H12N2O4/c1-7-10(8(2)19-15-7)5-9(6-14)11-3-4-12(18-11)13(16)17/h3-4,9H,5H2,1-2H3,(H,16,17). The normalized spacial score (nSPS) is 12.1. The fraction of sp³-hybridized carbons (Fsp3) is 0.308. The van der Waals surface area contributed by atoms with Crippen molar-refractivity contribution >= 4 is 5.97 Å². The predicted octanol–water partition coefficient (Wildman–Crippen LogP) is 2.43. The number of nitrogens with zero attached hydrogens (tertiary/aromatic N) is 2. The summed E-state index contributed by atoms with van der Waals surface area (Å²) in [5, 5.41) is 21.8. The minimum atomic E-state index is -1.15. The number of carboxylic acid groups (broad SMARTS) is 1. The number of aryl methyl sites for hydroxylation is 2. The molecule has 0 aliphatic carbocycles. The van der Waals surface area contributed by atoms with Crippen molar-refractivity contribution in [3.63, 3.8) is 0 Å². The molecular formula is C13H12N2O4. The molecule has 0 spiro atoms. The minimum Gasteiger partial charge on any atom is -0.475 e. The number of carbonyl (C=O) groups is 1. The summed E-state index contributed by atoms with van der Waals surface area (Å²) < 4.78 is 10.2. The Morgan fingerprint density at radius 1 is 1.53 bits per heavy atom. The third-order valence-corrected chi connectivity index (χ3v) is 2.93. The Labute approximate surface area is 109 Å². The third-order valence-electron chi connectivity index (χ3n) is 2.93. The van der Waals surface area contributed by atoms with Gasteiger partial charge in [0.15, 0.2) is 0 Å². The van der Waals surface area contributed by atoms with Crippen molar-refractivity contribution in [3.05, 3.63) is 40.7 Å². The summed E-state index contributed by atoms with van der Waals surface area (Å²) in [6.45, 7) is 3.57. The number of aromatic carboxylic acids is 1. The van der Waals surface area contributed by atoms with E-state index in [-0.39, 0.29) is 5.76 Å². The van der Waals surface area contributed by atoms with Crippen LogP contribution < -0.4 is 0 Å². The average Bonchev–Trinajstić information content (AvgIpc) is 2.96. The third kappa shape index (κ3) is 2.50. The number of nitriles is 1. The van der Waals surface area contributed by atoms with Crippen molar-refractivity contribution in [1.82, 2.24) is 5.16 Å². The number of rotatable bonds is 4. The minimum absolute atomic E-state index is 0.172. The number of hydrogen-bond acceptors (Lipinski definition) is 5. The summed E-state index contributed by atoms with van der Waals surface area (Å²) >= 11 is 0. The van der Waals surface area contributed by atoms with Gasteiger partial charge in [-0.1, -0.05) is 5.16 Å². The Morgan fingerprint density at radius 2 is 2.26 bits per heavy atom. The van der Waals surface area contributed by atoms with Gasteiger partial charge in [0.2, 0.25) is 5.76 Å². The smallest absolute Gasteiger partial charge is 0.371 e. The van der Waals surface area contributed by atoms with Gasteiger partial charge in [0.1, 0.15) is 17.4 Å². The van der Waals surface area contributed by atoms with Crippen molar-refractivity contribution < 1.29 is 18.8 Å². The first-order chi connectivity index (χ1) is 9.02. The SMILES string of the molecule is Cc1noc(C)c1CC(C#N)c1ccc(C(=O)O)o1. The lowest BCUT2D eigenvalue weighted by Gasteiger charge is -2.05. The fourth-order valence-electron chi connectivity index (χ4n) is 1.86. The van der Waals surface area contributed by atoms with Crippen molar-refractivity contribution in [2.75, 3.05) is 0 Å². The lowest BCUT2D eigenvalue weighted by Crippen LogP contribution is -2.01. The molecule has 0 aliphatic rings. The molecule has 1 atom stereocenters. The highest BCUT2D eigenvalue weighted by Crippen LogP contribution is 2.25. The second-order valence-corrected chi connectivity index (χ2v) is 4.20. The van der Waals surface area contributed by atoms with Crippen LogP contribution in [0.1, 0.15) is 39.3 Å². The van der Waals surface area contributed by atoms with Gasteiger partial charge in [0.05, 0.1) is 11.8 Å². The Kier molecular flexibility index (Phi) is 3.38. The van der Waals surface area contributed by atoms with Gasteiger partial charge in [-0.15, -0.1) is 0 Å². The molecule has 2 heterocycles. The number of furan rings is 1. The van der Waals surface area contributed by atoms with E-state index in [0.717, 1.165) is 11.3 Å². The number of hydrogen-bond donors (Lipinski definition) is 1. The van der Waals surface area contributed by atoms with E-state index < -0.39 is 11.9 Å². The first-order valence-electron chi connectivity index (χ1n) is 5.67. The molecule has 0 amide bonds. The van der Waals surface area contributed by atoms with E-state index in [1.165, 1.54) is 12.1 Å². The van der Waals surface area contributed by atoms with E-state index in [1.807, 2.05) is 0 Å². The van der Waals surface area contributed by atoms with E-state index >= 15 is 0 Å². The Morgan fingerprint density at radius 3 is 2.74 bits per heavy atom. The van der Waals surface area contributed by atoms with Crippen molar-refractivity contribution in [2.24, 2.45) is 0 Å². The van der Waals surface area contributed by atoms with E-state index in [1.54, 1.807) is 13.8 Å². The second kappa shape index (κ2) is 4.98. The lowest BCUT2D eigenvalue weighted by atomic mass is 9.97. The summed E-state index contributed by atoms with van der Waals surface area (Å²) in [5.41, 5.74) is 1.57. The van der Waals surface area contributed by atoms with E-state index in [4.69, 9.17) is 14.0 Å². The molecule has 0 radical (unpaired) electrons. The number of aromatic nitrogens is 1. The summed E-state index contributed by atoms with van der Waals surface area (Å²) in [7, 11) is 0. The predicted molar refractivity (Wildman–Crippen MR) is 63.7 cm³/mol. The van der Waals surface area contributed by atoms with Crippen LogP contribution in [0.25, 0.3) is 0 Å². The van der Waals surface area contributed by atoms with Crippen molar-refractivity contribution in [3.8, 4) is 6.07 Å². The highest BCUT2D eigenvalue weighted by atomic mass is 16.5. The maximum Gasteiger partial charge on any atom is 0.371 e. The molecule has 2 rings (SSSR count). The molecule has 6 nitrogen and oxygen atoms in total. The van der Waals surface area contributed by atoms with Gasteiger partial charge < -0.3 is 14.0 Å². The molecule has 0 aromatic carbocycles. The fourth-order valence-corrected chi connectivity index (χ4v) is 1.86. The highest BCUT2D eigenvalue weighted by Gasteiger charge is 2.21. The van der Waals surface area contributed by atoms with E-state index in [9.17, 15) is 10.1 Å². The van der Waals surface area contributed by atoms with Crippen LogP contribution in [-0.2, 0) is 6.42 Å².